The molecule has 0 aliphatic rings. The van der Waals surface area contributed by atoms with Crippen molar-refractivity contribution in [2.75, 3.05) is 10.6 Å². The highest BCUT2D eigenvalue weighted by molar-refractivity contribution is 6.31. The SMILES string of the molecule is Fc1ccc(CNc2nc(NCc3ccccc3Cl)nc3ccccc23)cc1. The summed E-state index contributed by atoms with van der Waals surface area (Å²) in [5.74, 6) is 0.985. The number of rotatable bonds is 6. The highest BCUT2D eigenvalue weighted by Crippen LogP contribution is 2.23. The molecule has 0 fully saturated rings. The third-order valence-corrected chi connectivity index (χ3v) is 4.74. The first-order valence-corrected chi connectivity index (χ1v) is 9.29. The third kappa shape index (κ3) is 4.21. The van der Waals surface area contributed by atoms with Crippen LogP contribution in [0.3, 0.4) is 0 Å². The molecule has 1 heterocycles. The van der Waals surface area contributed by atoms with E-state index in [2.05, 4.69) is 20.6 Å². The van der Waals surface area contributed by atoms with Crippen LogP contribution in [0.2, 0.25) is 5.02 Å². The molecule has 28 heavy (non-hydrogen) atoms. The molecular formula is C22H18ClFN4. The Balaban J connectivity index is 1.58. The minimum Gasteiger partial charge on any atom is -0.365 e. The minimum atomic E-state index is -0.248. The number of halogens is 2. The van der Waals surface area contributed by atoms with Gasteiger partial charge in [-0.15, -0.1) is 0 Å². The lowest BCUT2D eigenvalue weighted by molar-refractivity contribution is 0.627. The van der Waals surface area contributed by atoms with Gasteiger partial charge in [-0.3, -0.25) is 0 Å². The highest BCUT2D eigenvalue weighted by atomic mass is 35.5. The third-order valence-electron chi connectivity index (χ3n) is 4.37. The van der Waals surface area contributed by atoms with Crippen LogP contribution in [0.15, 0.2) is 72.8 Å². The Morgan fingerprint density at radius 1 is 0.786 bits per heavy atom. The van der Waals surface area contributed by atoms with E-state index in [0.717, 1.165) is 27.8 Å². The van der Waals surface area contributed by atoms with E-state index >= 15 is 0 Å². The Labute approximate surface area is 167 Å². The number of anilines is 2. The Morgan fingerprint density at radius 3 is 2.36 bits per heavy atom. The van der Waals surface area contributed by atoms with Crippen LogP contribution >= 0.6 is 11.6 Å². The van der Waals surface area contributed by atoms with Gasteiger partial charge >= 0.3 is 0 Å². The predicted octanol–water partition coefficient (Wildman–Crippen LogP) is 5.65. The van der Waals surface area contributed by atoms with Crippen LogP contribution in [-0.2, 0) is 13.1 Å². The first kappa shape index (κ1) is 18.2. The zero-order chi connectivity index (χ0) is 19.3. The van der Waals surface area contributed by atoms with Crippen LogP contribution in [-0.4, -0.2) is 9.97 Å². The van der Waals surface area contributed by atoms with Gasteiger partial charge in [-0.25, -0.2) is 9.37 Å². The fourth-order valence-electron chi connectivity index (χ4n) is 2.89. The summed E-state index contributed by atoms with van der Waals surface area (Å²) >= 11 is 6.23. The van der Waals surface area contributed by atoms with Crippen LogP contribution in [0.25, 0.3) is 10.9 Å². The van der Waals surface area contributed by atoms with Crippen LogP contribution in [0.4, 0.5) is 16.2 Å². The summed E-state index contributed by atoms with van der Waals surface area (Å²) in [4.78, 5) is 9.22. The molecule has 0 aliphatic carbocycles. The monoisotopic (exact) mass is 392 g/mol. The average molecular weight is 393 g/mol. The Morgan fingerprint density at radius 2 is 1.54 bits per heavy atom. The summed E-state index contributed by atoms with van der Waals surface area (Å²) in [5.41, 5.74) is 2.78. The van der Waals surface area contributed by atoms with Gasteiger partial charge in [0.15, 0.2) is 0 Å². The first-order valence-electron chi connectivity index (χ1n) is 8.91. The van der Waals surface area contributed by atoms with Gasteiger partial charge in [-0.2, -0.15) is 4.98 Å². The Hall–Kier alpha value is -3.18. The van der Waals surface area contributed by atoms with Crippen molar-refractivity contribution in [3.63, 3.8) is 0 Å². The molecule has 4 nitrogen and oxygen atoms in total. The zero-order valence-corrected chi connectivity index (χ0v) is 15.7. The topological polar surface area (TPSA) is 49.8 Å². The van der Waals surface area contributed by atoms with E-state index in [0.29, 0.717) is 24.1 Å². The summed E-state index contributed by atoms with van der Waals surface area (Å²) in [6.45, 7) is 1.06. The van der Waals surface area contributed by atoms with Crippen LogP contribution in [0, 0.1) is 5.82 Å². The lowest BCUT2D eigenvalue weighted by Crippen LogP contribution is -2.08. The van der Waals surface area contributed by atoms with E-state index in [-0.39, 0.29) is 5.82 Å². The van der Waals surface area contributed by atoms with Gasteiger partial charge in [0.05, 0.1) is 5.52 Å². The van der Waals surface area contributed by atoms with Crippen molar-refractivity contribution in [1.29, 1.82) is 0 Å². The molecular weight excluding hydrogens is 375 g/mol. The number of benzene rings is 3. The Kier molecular flexibility index (Phi) is 5.35. The Bertz CT molecular complexity index is 1100. The average Bonchev–Trinajstić information content (AvgIpc) is 2.72. The number of aromatic nitrogens is 2. The fourth-order valence-corrected chi connectivity index (χ4v) is 3.10. The second kappa shape index (κ2) is 8.23. The maximum Gasteiger partial charge on any atom is 0.225 e. The largest absolute Gasteiger partial charge is 0.365 e. The lowest BCUT2D eigenvalue weighted by atomic mass is 10.2. The summed E-state index contributed by atoms with van der Waals surface area (Å²) in [5, 5.41) is 8.20. The molecule has 1 aromatic heterocycles. The molecule has 0 bridgehead atoms. The lowest BCUT2D eigenvalue weighted by Gasteiger charge is -2.12. The van der Waals surface area contributed by atoms with Crippen molar-refractivity contribution in [1.82, 2.24) is 9.97 Å². The number of hydrogen-bond acceptors (Lipinski definition) is 4. The second-order valence-electron chi connectivity index (χ2n) is 6.34. The number of fused-ring (bicyclic) bond motifs is 1. The van der Waals surface area contributed by atoms with Crippen molar-refractivity contribution in [3.8, 4) is 0 Å². The molecule has 4 rings (SSSR count). The molecule has 140 valence electrons. The molecule has 0 spiro atoms. The van der Waals surface area contributed by atoms with Crippen LogP contribution in [0.5, 0.6) is 0 Å². The molecule has 0 saturated heterocycles. The molecule has 0 amide bonds. The van der Waals surface area contributed by atoms with Crippen molar-refractivity contribution in [2.45, 2.75) is 13.1 Å². The molecule has 0 atom stereocenters. The molecule has 2 N–H and O–H groups in total. The van der Waals surface area contributed by atoms with E-state index < -0.39 is 0 Å². The van der Waals surface area contributed by atoms with Gasteiger partial charge in [0.1, 0.15) is 11.6 Å². The number of nitrogens with one attached hydrogen (secondary N) is 2. The number of hydrogen-bond donors (Lipinski definition) is 2. The molecule has 0 radical (unpaired) electrons. The van der Waals surface area contributed by atoms with Gasteiger partial charge < -0.3 is 10.6 Å². The number of para-hydroxylation sites is 1. The van der Waals surface area contributed by atoms with Gasteiger partial charge in [0.25, 0.3) is 0 Å². The normalized spacial score (nSPS) is 10.8. The van der Waals surface area contributed by atoms with Crippen LogP contribution in [0.1, 0.15) is 11.1 Å². The standard InChI is InChI=1S/C22H18ClFN4/c23-19-7-3-1-5-16(19)14-26-22-27-20-8-4-2-6-18(20)21(28-22)25-13-15-9-11-17(24)12-10-15/h1-12H,13-14H2,(H2,25,26,27,28). The fraction of sp³-hybridized carbons (Fsp3) is 0.0909. The maximum absolute atomic E-state index is 13.1. The number of nitrogens with zero attached hydrogens (tertiary/aromatic N) is 2. The second-order valence-corrected chi connectivity index (χ2v) is 6.75. The highest BCUT2D eigenvalue weighted by Gasteiger charge is 2.08. The van der Waals surface area contributed by atoms with Gasteiger partial charge in [-0.1, -0.05) is 54.1 Å². The summed E-state index contributed by atoms with van der Waals surface area (Å²) < 4.78 is 13.1. The summed E-state index contributed by atoms with van der Waals surface area (Å²) in [6, 6.07) is 21.9. The molecule has 0 aliphatic heterocycles. The van der Waals surface area contributed by atoms with Gasteiger partial charge in [-0.05, 0) is 41.5 Å². The van der Waals surface area contributed by atoms with Gasteiger partial charge in [0, 0.05) is 23.5 Å². The first-order chi connectivity index (χ1) is 13.7. The molecule has 6 heteroatoms. The zero-order valence-electron chi connectivity index (χ0n) is 15.0. The minimum absolute atomic E-state index is 0.248. The molecule has 3 aromatic carbocycles. The van der Waals surface area contributed by atoms with Gasteiger partial charge in [0.2, 0.25) is 5.95 Å². The van der Waals surface area contributed by atoms with E-state index in [1.807, 2.05) is 48.5 Å². The van der Waals surface area contributed by atoms with E-state index in [1.54, 1.807) is 12.1 Å². The molecule has 0 saturated carbocycles. The summed E-state index contributed by atoms with van der Waals surface area (Å²) in [7, 11) is 0. The van der Waals surface area contributed by atoms with Crippen molar-refractivity contribution < 1.29 is 4.39 Å². The maximum atomic E-state index is 13.1. The van der Waals surface area contributed by atoms with Crippen LogP contribution < -0.4 is 10.6 Å². The quantitative estimate of drug-likeness (QED) is 0.445. The summed E-state index contributed by atoms with van der Waals surface area (Å²) in [6.07, 6.45) is 0. The van der Waals surface area contributed by atoms with Crippen molar-refractivity contribution in [3.05, 3.63) is 94.8 Å². The van der Waals surface area contributed by atoms with E-state index in [9.17, 15) is 4.39 Å². The van der Waals surface area contributed by atoms with Crippen molar-refractivity contribution in [2.24, 2.45) is 0 Å². The molecule has 0 unspecified atom stereocenters. The smallest absolute Gasteiger partial charge is 0.225 e. The van der Waals surface area contributed by atoms with E-state index in [1.165, 1.54) is 12.1 Å². The van der Waals surface area contributed by atoms with Crippen molar-refractivity contribution >= 4 is 34.3 Å². The van der Waals surface area contributed by atoms with E-state index in [4.69, 9.17) is 11.6 Å². The predicted molar refractivity (Wildman–Crippen MR) is 112 cm³/mol. The molecule has 4 aromatic rings.